The predicted octanol–water partition coefficient (Wildman–Crippen LogP) is 8.20. The Balaban J connectivity index is 1.51. The highest BCUT2D eigenvalue weighted by Gasteiger charge is 2.21. The molecule has 3 heteroatoms. The minimum Gasteiger partial charge on any atom is -0.490 e. The molecule has 1 fully saturated rings. The molecule has 0 N–H and O–H groups in total. The first-order chi connectivity index (χ1) is 15.6. The lowest BCUT2D eigenvalue weighted by atomic mass is 9.78. The fourth-order valence-corrected chi connectivity index (χ4v) is 4.42. The summed E-state index contributed by atoms with van der Waals surface area (Å²) in [5, 5.41) is 0. The Morgan fingerprint density at radius 2 is 1.59 bits per heavy atom. The largest absolute Gasteiger partial charge is 0.490 e. The standard InChI is InChI=1S/C29H36F2O/c1-3-5-6-7-8-22-9-14-24(15-10-22)25-16-11-23(12-17-25)13-18-26-19-20-27(32-21-4-2)29(31)28(26)30/h9-10,14-15,19-20,23,25H,3-8,11-12,16-17,21H2,1-2H3. The topological polar surface area (TPSA) is 9.23 Å². The molecule has 1 aliphatic carbocycles. The highest BCUT2D eigenvalue weighted by atomic mass is 19.2. The molecule has 0 unspecified atom stereocenters. The van der Waals surface area contributed by atoms with Crippen LogP contribution in [0.2, 0.25) is 0 Å². The van der Waals surface area contributed by atoms with Crippen LogP contribution in [0.25, 0.3) is 0 Å². The third-order valence-corrected chi connectivity index (χ3v) is 6.42. The SMILES string of the molecule is CCCCCCc1ccc(C2CCC(C#Cc3ccc(OCCC)c(F)c3F)CC2)cc1. The Morgan fingerprint density at radius 1 is 0.844 bits per heavy atom. The molecule has 0 bridgehead atoms. The molecule has 0 atom stereocenters. The van der Waals surface area contributed by atoms with Crippen molar-refractivity contribution in [2.75, 3.05) is 6.61 Å². The van der Waals surface area contributed by atoms with Crippen LogP contribution in [0.3, 0.4) is 0 Å². The maximum atomic E-state index is 14.3. The zero-order chi connectivity index (χ0) is 22.8. The van der Waals surface area contributed by atoms with Crippen molar-refractivity contribution in [1.82, 2.24) is 0 Å². The van der Waals surface area contributed by atoms with Crippen LogP contribution in [0, 0.1) is 29.4 Å². The van der Waals surface area contributed by atoms with Gasteiger partial charge in [-0.05, 0) is 74.1 Å². The first-order valence-corrected chi connectivity index (χ1v) is 12.3. The number of hydrogen-bond acceptors (Lipinski definition) is 1. The monoisotopic (exact) mass is 438 g/mol. The van der Waals surface area contributed by atoms with Crippen molar-refractivity contribution in [1.29, 1.82) is 0 Å². The second kappa shape index (κ2) is 12.6. The number of benzene rings is 2. The van der Waals surface area contributed by atoms with Crippen LogP contribution in [0.1, 0.15) is 94.2 Å². The normalized spacial score (nSPS) is 18.1. The van der Waals surface area contributed by atoms with E-state index < -0.39 is 11.6 Å². The zero-order valence-electron chi connectivity index (χ0n) is 19.6. The molecule has 0 aliphatic heterocycles. The van der Waals surface area contributed by atoms with Crippen LogP contribution < -0.4 is 4.74 Å². The summed E-state index contributed by atoms with van der Waals surface area (Å²) in [6.45, 7) is 4.54. The Morgan fingerprint density at radius 3 is 2.28 bits per heavy atom. The molecule has 0 heterocycles. The van der Waals surface area contributed by atoms with E-state index in [0.29, 0.717) is 12.5 Å². The summed E-state index contributed by atoms with van der Waals surface area (Å²) in [5.74, 6) is 4.99. The van der Waals surface area contributed by atoms with E-state index in [4.69, 9.17) is 4.74 Å². The fourth-order valence-electron chi connectivity index (χ4n) is 4.42. The van der Waals surface area contributed by atoms with Gasteiger partial charge in [-0.1, -0.05) is 69.2 Å². The van der Waals surface area contributed by atoms with E-state index in [0.717, 1.165) is 32.1 Å². The van der Waals surface area contributed by atoms with Crippen molar-refractivity contribution in [3.8, 4) is 17.6 Å². The molecular weight excluding hydrogens is 402 g/mol. The molecular formula is C29H36F2O. The third kappa shape index (κ3) is 6.83. The van der Waals surface area contributed by atoms with Crippen molar-refractivity contribution in [2.45, 2.75) is 84.0 Å². The average molecular weight is 439 g/mol. The molecule has 0 radical (unpaired) electrons. The molecule has 32 heavy (non-hydrogen) atoms. The van der Waals surface area contributed by atoms with E-state index in [1.165, 1.54) is 55.4 Å². The van der Waals surface area contributed by atoms with Crippen molar-refractivity contribution in [3.05, 3.63) is 64.7 Å². The molecule has 0 saturated heterocycles. The summed E-state index contributed by atoms with van der Waals surface area (Å²) in [5.41, 5.74) is 2.97. The van der Waals surface area contributed by atoms with Gasteiger partial charge in [0, 0.05) is 5.92 Å². The van der Waals surface area contributed by atoms with Gasteiger partial charge in [0.25, 0.3) is 0 Å². The maximum absolute atomic E-state index is 14.3. The smallest absolute Gasteiger partial charge is 0.201 e. The first kappa shape index (κ1) is 24.3. The van der Waals surface area contributed by atoms with E-state index in [9.17, 15) is 8.78 Å². The second-order valence-electron chi connectivity index (χ2n) is 8.96. The molecule has 1 aliphatic rings. The lowest BCUT2D eigenvalue weighted by molar-refractivity contribution is 0.295. The van der Waals surface area contributed by atoms with Gasteiger partial charge in [0.15, 0.2) is 11.6 Å². The number of hydrogen-bond donors (Lipinski definition) is 0. The number of unbranched alkanes of at least 4 members (excludes halogenated alkanes) is 3. The molecule has 2 aromatic carbocycles. The summed E-state index contributed by atoms with van der Waals surface area (Å²) in [6.07, 6.45) is 11.3. The predicted molar refractivity (Wildman–Crippen MR) is 128 cm³/mol. The number of aryl methyl sites for hydroxylation is 1. The van der Waals surface area contributed by atoms with Crippen LogP contribution in [0.4, 0.5) is 8.78 Å². The minimum absolute atomic E-state index is 0.0395. The quantitative estimate of drug-likeness (QED) is 0.283. The molecule has 0 aromatic heterocycles. The van der Waals surface area contributed by atoms with Crippen molar-refractivity contribution in [3.63, 3.8) is 0 Å². The third-order valence-electron chi connectivity index (χ3n) is 6.42. The van der Waals surface area contributed by atoms with Crippen molar-refractivity contribution < 1.29 is 13.5 Å². The van der Waals surface area contributed by atoms with Gasteiger partial charge in [-0.15, -0.1) is 0 Å². The molecule has 172 valence electrons. The van der Waals surface area contributed by atoms with Crippen LogP contribution in [0.15, 0.2) is 36.4 Å². The summed E-state index contributed by atoms with van der Waals surface area (Å²) < 4.78 is 33.7. The van der Waals surface area contributed by atoms with Gasteiger partial charge >= 0.3 is 0 Å². The Labute approximate surface area is 192 Å². The Hall–Kier alpha value is -2.34. The van der Waals surface area contributed by atoms with Gasteiger partial charge in [0.05, 0.1) is 12.2 Å². The second-order valence-corrected chi connectivity index (χ2v) is 8.96. The van der Waals surface area contributed by atoms with Crippen LogP contribution >= 0.6 is 0 Å². The average Bonchev–Trinajstić information content (AvgIpc) is 2.83. The van der Waals surface area contributed by atoms with E-state index in [1.54, 1.807) is 0 Å². The molecule has 1 saturated carbocycles. The maximum Gasteiger partial charge on any atom is 0.201 e. The van der Waals surface area contributed by atoms with E-state index in [1.807, 2.05) is 6.92 Å². The van der Waals surface area contributed by atoms with Crippen LogP contribution in [0.5, 0.6) is 5.75 Å². The molecule has 1 nitrogen and oxygen atoms in total. The Bertz CT molecular complexity index is 899. The van der Waals surface area contributed by atoms with Gasteiger partial charge in [0.2, 0.25) is 5.82 Å². The summed E-state index contributed by atoms with van der Waals surface area (Å²) in [6, 6.07) is 12.2. The van der Waals surface area contributed by atoms with Gasteiger partial charge in [-0.3, -0.25) is 0 Å². The number of ether oxygens (including phenoxy) is 1. The Kier molecular flexibility index (Phi) is 9.60. The van der Waals surface area contributed by atoms with Gasteiger partial charge in [0.1, 0.15) is 0 Å². The highest BCUT2D eigenvalue weighted by molar-refractivity contribution is 5.41. The van der Waals surface area contributed by atoms with Gasteiger partial charge in [-0.2, -0.15) is 4.39 Å². The fraction of sp³-hybridized carbons (Fsp3) is 0.517. The number of rotatable bonds is 9. The van der Waals surface area contributed by atoms with E-state index >= 15 is 0 Å². The summed E-state index contributed by atoms with van der Waals surface area (Å²) in [4.78, 5) is 0. The van der Waals surface area contributed by atoms with E-state index in [-0.39, 0.29) is 17.2 Å². The first-order valence-electron chi connectivity index (χ1n) is 12.3. The summed E-state index contributed by atoms with van der Waals surface area (Å²) >= 11 is 0. The molecule has 0 amide bonds. The van der Waals surface area contributed by atoms with Gasteiger partial charge in [-0.25, -0.2) is 4.39 Å². The minimum atomic E-state index is -0.942. The number of halogens is 2. The lowest BCUT2D eigenvalue weighted by Gasteiger charge is -2.26. The van der Waals surface area contributed by atoms with Crippen LogP contribution in [-0.2, 0) is 6.42 Å². The zero-order valence-corrected chi connectivity index (χ0v) is 19.6. The van der Waals surface area contributed by atoms with Crippen LogP contribution in [-0.4, -0.2) is 6.61 Å². The van der Waals surface area contributed by atoms with Crippen molar-refractivity contribution >= 4 is 0 Å². The molecule has 3 rings (SSSR count). The highest BCUT2D eigenvalue weighted by Crippen LogP contribution is 2.35. The van der Waals surface area contributed by atoms with Crippen molar-refractivity contribution in [2.24, 2.45) is 5.92 Å². The lowest BCUT2D eigenvalue weighted by Crippen LogP contribution is -2.12. The summed E-state index contributed by atoms with van der Waals surface area (Å²) in [7, 11) is 0. The van der Waals surface area contributed by atoms with E-state index in [2.05, 4.69) is 43.0 Å². The molecule has 2 aromatic rings. The molecule has 0 spiro atoms. The van der Waals surface area contributed by atoms with Gasteiger partial charge < -0.3 is 4.74 Å².